The molecule has 10 heteroatoms. The first-order valence-electron chi connectivity index (χ1n) is 8.55. The summed E-state index contributed by atoms with van der Waals surface area (Å²) < 4.78 is 6.99. The highest BCUT2D eigenvalue weighted by atomic mass is 16.2. The summed E-state index contributed by atoms with van der Waals surface area (Å²) in [6.07, 6.45) is 12.5. The van der Waals surface area contributed by atoms with Crippen molar-refractivity contribution in [1.29, 1.82) is 0 Å². The molecule has 0 saturated heterocycles. The molecule has 4 rings (SSSR count). The molecule has 0 aliphatic carbocycles. The number of anilines is 1. The van der Waals surface area contributed by atoms with Crippen LogP contribution in [0.5, 0.6) is 0 Å². The van der Waals surface area contributed by atoms with Crippen LogP contribution >= 0.6 is 0 Å². The van der Waals surface area contributed by atoms with Crippen LogP contribution in [-0.4, -0.2) is 45.0 Å². The van der Waals surface area contributed by atoms with Gasteiger partial charge >= 0.3 is 0 Å². The molecule has 0 spiro atoms. The van der Waals surface area contributed by atoms with E-state index in [0.29, 0.717) is 24.6 Å². The first-order chi connectivity index (χ1) is 13.2. The van der Waals surface area contributed by atoms with Crippen molar-refractivity contribution < 1.29 is 4.79 Å². The monoisotopic (exact) mass is 365 g/mol. The Labute approximate surface area is 155 Å². The lowest BCUT2D eigenvalue weighted by Crippen LogP contribution is -2.14. The normalized spacial score (nSPS) is 11.0. The van der Waals surface area contributed by atoms with E-state index in [9.17, 15) is 4.79 Å². The minimum Gasteiger partial charge on any atom is -0.318 e. The van der Waals surface area contributed by atoms with Crippen molar-refractivity contribution in [3.05, 3.63) is 66.8 Å². The van der Waals surface area contributed by atoms with Crippen molar-refractivity contribution in [3.8, 4) is 0 Å². The van der Waals surface area contributed by atoms with E-state index in [1.54, 1.807) is 44.9 Å². The molecule has 10 nitrogen and oxygen atoms in total. The second kappa shape index (κ2) is 7.28. The van der Waals surface area contributed by atoms with E-state index in [2.05, 4.69) is 25.7 Å². The van der Waals surface area contributed by atoms with Crippen LogP contribution in [0.4, 0.5) is 5.69 Å². The number of hydrogen-bond acceptors (Lipinski definition) is 5. The summed E-state index contributed by atoms with van der Waals surface area (Å²) >= 11 is 0. The molecule has 1 N–H and O–H groups in total. The molecule has 27 heavy (non-hydrogen) atoms. The summed E-state index contributed by atoms with van der Waals surface area (Å²) in [5.74, 6) is -0.285. The number of carbonyl (C=O) groups excluding carboxylic acids is 1. The Hall–Kier alpha value is -3.69. The van der Waals surface area contributed by atoms with Crippen LogP contribution in [0, 0.1) is 0 Å². The standard InChI is InChI=1S/C17H19N9O/c1-2-23-10-14(8-19-23)11-26-12-15(9-20-26)21-17(27)16-4-7-25(22-16)13-24-6-3-5-18-24/h3-10,12H,2,11,13H2,1H3,(H,21,27). The predicted octanol–water partition coefficient (Wildman–Crippen LogP) is 1.30. The van der Waals surface area contributed by atoms with Gasteiger partial charge in [-0.25, -0.2) is 0 Å². The Morgan fingerprint density at radius 2 is 1.93 bits per heavy atom. The number of hydrogen-bond donors (Lipinski definition) is 1. The number of carbonyl (C=O) groups is 1. The third-order valence-electron chi connectivity index (χ3n) is 3.97. The summed E-state index contributed by atoms with van der Waals surface area (Å²) in [5, 5.41) is 19.7. The Morgan fingerprint density at radius 1 is 1.04 bits per heavy atom. The van der Waals surface area contributed by atoms with Gasteiger partial charge in [0.05, 0.1) is 24.6 Å². The van der Waals surface area contributed by atoms with Gasteiger partial charge in [-0.05, 0) is 19.1 Å². The largest absolute Gasteiger partial charge is 0.318 e. The van der Waals surface area contributed by atoms with Crippen molar-refractivity contribution in [1.82, 2.24) is 39.1 Å². The van der Waals surface area contributed by atoms with E-state index in [4.69, 9.17) is 0 Å². The molecule has 0 aliphatic heterocycles. The Kier molecular flexibility index (Phi) is 4.52. The van der Waals surface area contributed by atoms with E-state index < -0.39 is 0 Å². The van der Waals surface area contributed by atoms with Gasteiger partial charge in [0.25, 0.3) is 5.91 Å². The fourth-order valence-electron chi connectivity index (χ4n) is 2.65. The number of nitrogens with zero attached hydrogens (tertiary/aromatic N) is 8. The van der Waals surface area contributed by atoms with E-state index in [1.807, 2.05) is 36.3 Å². The van der Waals surface area contributed by atoms with Crippen LogP contribution in [0.15, 0.2) is 55.5 Å². The predicted molar refractivity (Wildman–Crippen MR) is 97.0 cm³/mol. The molecule has 0 saturated carbocycles. The molecule has 0 atom stereocenters. The van der Waals surface area contributed by atoms with Crippen LogP contribution in [0.2, 0.25) is 0 Å². The molecule has 1 amide bonds. The molecule has 0 unspecified atom stereocenters. The molecule has 0 radical (unpaired) electrons. The fourth-order valence-corrected chi connectivity index (χ4v) is 2.65. The number of rotatable bonds is 7. The summed E-state index contributed by atoms with van der Waals surface area (Å²) in [6.45, 7) is 3.90. The van der Waals surface area contributed by atoms with E-state index in [1.165, 1.54) is 0 Å². The number of nitrogens with one attached hydrogen (secondary N) is 1. The third kappa shape index (κ3) is 3.94. The summed E-state index contributed by atoms with van der Waals surface area (Å²) in [6, 6.07) is 3.50. The molecule has 4 aromatic rings. The number of amides is 1. The molecular formula is C17H19N9O. The van der Waals surface area contributed by atoms with Gasteiger partial charge in [-0.2, -0.15) is 20.4 Å². The maximum Gasteiger partial charge on any atom is 0.276 e. The van der Waals surface area contributed by atoms with Gasteiger partial charge in [-0.3, -0.25) is 23.5 Å². The van der Waals surface area contributed by atoms with Crippen molar-refractivity contribution in [3.63, 3.8) is 0 Å². The van der Waals surface area contributed by atoms with Gasteiger partial charge in [0.15, 0.2) is 5.69 Å². The lowest BCUT2D eigenvalue weighted by molar-refractivity contribution is 0.102. The topological polar surface area (TPSA) is 100 Å². The zero-order chi connectivity index (χ0) is 18.6. The average Bonchev–Trinajstić information content (AvgIpc) is 3.43. The van der Waals surface area contributed by atoms with Gasteiger partial charge in [-0.1, -0.05) is 0 Å². The number of aryl methyl sites for hydroxylation is 1. The first-order valence-corrected chi connectivity index (χ1v) is 8.55. The van der Waals surface area contributed by atoms with E-state index in [0.717, 1.165) is 12.1 Å². The molecule has 4 aromatic heterocycles. The van der Waals surface area contributed by atoms with Crippen LogP contribution in [-0.2, 0) is 19.8 Å². The molecule has 0 aliphatic rings. The summed E-state index contributed by atoms with van der Waals surface area (Å²) in [7, 11) is 0. The minimum atomic E-state index is -0.285. The average molecular weight is 365 g/mol. The lowest BCUT2D eigenvalue weighted by atomic mass is 10.3. The maximum atomic E-state index is 12.4. The van der Waals surface area contributed by atoms with Crippen molar-refractivity contribution in [2.45, 2.75) is 26.7 Å². The molecule has 138 valence electrons. The number of aromatic nitrogens is 8. The molecular weight excluding hydrogens is 346 g/mol. The van der Waals surface area contributed by atoms with Gasteiger partial charge in [0.1, 0.15) is 6.67 Å². The van der Waals surface area contributed by atoms with Gasteiger partial charge < -0.3 is 5.32 Å². The molecule has 0 aromatic carbocycles. The molecule has 0 fully saturated rings. The molecule has 4 heterocycles. The summed E-state index contributed by atoms with van der Waals surface area (Å²) in [4.78, 5) is 12.4. The Balaban J connectivity index is 1.37. The van der Waals surface area contributed by atoms with Crippen molar-refractivity contribution in [2.24, 2.45) is 0 Å². The van der Waals surface area contributed by atoms with Gasteiger partial charge in [0, 0.05) is 43.1 Å². The van der Waals surface area contributed by atoms with Gasteiger partial charge in [-0.15, -0.1) is 0 Å². The fraction of sp³-hybridized carbons (Fsp3) is 0.235. The first kappa shape index (κ1) is 16.8. The smallest absolute Gasteiger partial charge is 0.276 e. The van der Waals surface area contributed by atoms with Crippen molar-refractivity contribution in [2.75, 3.05) is 5.32 Å². The SMILES string of the molecule is CCn1cc(Cn2cc(NC(=O)c3ccn(Cn4cccn4)n3)cn2)cn1. The third-order valence-corrected chi connectivity index (χ3v) is 3.97. The Morgan fingerprint density at radius 3 is 2.70 bits per heavy atom. The lowest BCUT2D eigenvalue weighted by Gasteiger charge is -2.02. The van der Waals surface area contributed by atoms with Crippen LogP contribution < -0.4 is 5.32 Å². The zero-order valence-electron chi connectivity index (χ0n) is 14.8. The maximum absolute atomic E-state index is 12.4. The Bertz CT molecular complexity index is 1020. The summed E-state index contributed by atoms with van der Waals surface area (Å²) in [5.41, 5.74) is 2.00. The highest BCUT2D eigenvalue weighted by molar-refractivity contribution is 6.02. The zero-order valence-corrected chi connectivity index (χ0v) is 14.8. The second-order valence-electron chi connectivity index (χ2n) is 6.01. The van der Waals surface area contributed by atoms with Crippen LogP contribution in [0.1, 0.15) is 23.0 Å². The van der Waals surface area contributed by atoms with Gasteiger partial charge in [0.2, 0.25) is 0 Å². The second-order valence-corrected chi connectivity index (χ2v) is 6.01. The molecule has 0 bridgehead atoms. The highest BCUT2D eigenvalue weighted by Crippen LogP contribution is 2.09. The van der Waals surface area contributed by atoms with E-state index >= 15 is 0 Å². The highest BCUT2D eigenvalue weighted by Gasteiger charge is 2.11. The van der Waals surface area contributed by atoms with Crippen molar-refractivity contribution >= 4 is 11.6 Å². The minimum absolute atomic E-state index is 0.285. The van der Waals surface area contributed by atoms with Crippen LogP contribution in [0.25, 0.3) is 0 Å². The quantitative estimate of drug-likeness (QED) is 0.532. The van der Waals surface area contributed by atoms with Crippen LogP contribution in [0.3, 0.4) is 0 Å². The van der Waals surface area contributed by atoms with E-state index in [-0.39, 0.29) is 5.91 Å².